The Morgan fingerprint density at radius 1 is 1.22 bits per heavy atom. The highest BCUT2D eigenvalue weighted by molar-refractivity contribution is 7.10. The first-order valence-corrected chi connectivity index (χ1v) is 6.67. The van der Waals surface area contributed by atoms with E-state index >= 15 is 0 Å². The number of carbonyl (C=O) groups is 1. The number of thiophene rings is 1. The number of carbonyl (C=O) groups excluding carboxylic acids is 1. The minimum atomic E-state index is -0.0596. The highest BCUT2D eigenvalue weighted by Crippen LogP contribution is 2.18. The summed E-state index contributed by atoms with van der Waals surface area (Å²) in [5.74, 6) is -0.0596. The van der Waals surface area contributed by atoms with Crippen molar-refractivity contribution >= 4 is 22.9 Å². The summed E-state index contributed by atoms with van der Waals surface area (Å²) >= 11 is 1.75. The maximum absolute atomic E-state index is 11.4. The summed E-state index contributed by atoms with van der Waals surface area (Å²) in [4.78, 5) is 12.7. The third kappa shape index (κ3) is 2.90. The Morgan fingerprint density at radius 3 is 2.50 bits per heavy atom. The van der Waals surface area contributed by atoms with Crippen molar-refractivity contribution in [2.45, 2.75) is 13.5 Å². The van der Waals surface area contributed by atoms with E-state index in [1.54, 1.807) is 18.4 Å². The number of amides is 1. The molecule has 0 aliphatic carbocycles. The van der Waals surface area contributed by atoms with Crippen molar-refractivity contribution < 1.29 is 4.79 Å². The summed E-state index contributed by atoms with van der Waals surface area (Å²) in [7, 11) is 1.63. The fraction of sp³-hybridized carbons (Fsp3) is 0.214. The van der Waals surface area contributed by atoms with Gasteiger partial charge >= 0.3 is 0 Å². The third-order valence-electron chi connectivity index (χ3n) is 2.80. The molecule has 94 valence electrons. The largest absolute Gasteiger partial charge is 0.380 e. The van der Waals surface area contributed by atoms with Gasteiger partial charge in [0.15, 0.2) is 0 Å². The van der Waals surface area contributed by atoms with Gasteiger partial charge in [-0.25, -0.2) is 0 Å². The van der Waals surface area contributed by atoms with E-state index in [0.717, 1.165) is 12.2 Å². The summed E-state index contributed by atoms with van der Waals surface area (Å²) < 4.78 is 0. The van der Waals surface area contributed by atoms with Crippen molar-refractivity contribution in [1.29, 1.82) is 0 Å². The number of anilines is 1. The monoisotopic (exact) mass is 260 g/mol. The van der Waals surface area contributed by atoms with Gasteiger partial charge in [0.05, 0.1) is 0 Å². The molecular weight excluding hydrogens is 244 g/mol. The zero-order valence-corrected chi connectivity index (χ0v) is 11.3. The second-order valence-electron chi connectivity index (χ2n) is 4.04. The Bertz CT molecular complexity index is 531. The van der Waals surface area contributed by atoms with Crippen molar-refractivity contribution in [3.63, 3.8) is 0 Å². The molecule has 0 fully saturated rings. The molecular formula is C14H16N2OS. The molecule has 0 saturated carbocycles. The quantitative estimate of drug-likeness (QED) is 0.887. The summed E-state index contributed by atoms with van der Waals surface area (Å²) in [5.41, 5.74) is 3.01. The van der Waals surface area contributed by atoms with Gasteiger partial charge in [-0.2, -0.15) is 0 Å². The number of aryl methyl sites for hydroxylation is 1. The fourth-order valence-electron chi connectivity index (χ4n) is 1.65. The highest BCUT2D eigenvalue weighted by Gasteiger charge is 2.03. The summed E-state index contributed by atoms with van der Waals surface area (Å²) in [5, 5.41) is 8.05. The molecule has 0 aliphatic heterocycles. The Labute approximate surface area is 111 Å². The van der Waals surface area contributed by atoms with Crippen LogP contribution >= 0.6 is 11.3 Å². The van der Waals surface area contributed by atoms with Crippen LogP contribution in [0.15, 0.2) is 35.7 Å². The van der Waals surface area contributed by atoms with Crippen LogP contribution in [0.2, 0.25) is 0 Å². The third-order valence-corrected chi connectivity index (χ3v) is 3.82. The van der Waals surface area contributed by atoms with Crippen LogP contribution in [0, 0.1) is 6.92 Å². The normalized spacial score (nSPS) is 10.1. The highest BCUT2D eigenvalue weighted by atomic mass is 32.1. The predicted molar refractivity (Wildman–Crippen MR) is 76.2 cm³/mol. The van der Waals surface area contributed by atoms with Crippen LogP contribution in [0.4, 0.5) is 5.69 Å². The van der Waals surface area contributed by atoms with E-state index in [-0.39, 0.29) is 5.91 Å². The van der Waals surface area contributed by atoms with Gasteiger partial charge < -0.3 is 10.6 Å². The lowest BCUT2D eigenvalue weighted by molar-refractivity contribution is 0.0963. The first kappa shape index (κ1) is 12.6. The van der Waals surface area contributed by atoms with Crippen molar-refractivity contribution in [1.82, 2.24) is 5.32 Å². The van der Waals surface area contributed by atoms with Crippen LogP contribution in [0.3, 0.4) is 0 Å². The summed E-state index contributed by atoms with van der Waals surface area (Å²) in [6.45, 7) is 2.94. The molecule has 3 nitrogen and oxygen atoms in total. The van der Waals surface area contributed by atoms with Gasteiger partial charge in [-0.3, -0.25) is 4.79 Å². The maximum Gasteiger partial charge on any atom is 0.251 e. The van der Waals surface area contributed by atoms with Gasteiger partial charge in [0, 0.05) is 29.7 Å². The molecule has 0 bridgehead atoms. The lowest BCUT2D eigenvalue weighted by Crippen LogP contribution is -2.17. The Morgan fingerprint density at radius 2 is 1.94 bits per heavy atom. The zero-order valence-electron chi connectivity index (χ0n) is 10.5. The van der Waals surface area contributed by atoms with Gasteiger partial charge in [-0.1, -0.05) is 0 Å². The zero-order chi connectivity index (χ0) is 13.0. The van der Waals surface area contributed by atoms with Crippen molar-refractivity contribution in [3.05, 3.63) is 51.7 Å². The van der Waals surface area contributed by atoms with E-state index in [4.69, 9.17) is 0 Å². The standard InChI is InChI=1S/C14H16N2OS/c1-10-7-8-18-13(10)9-16-12-5-3-11(4-6-12)14(17)15-2/h3-8,16H,9H2,1-2H3,(H,15,17). The maximum atomic E-state index is 11.4. The fourth-order valence-corrected chi connectivity index (χ4v) is 2.50. The van der Waals surface area contributed by atoms with E-state index in [1.807, 2.05) is 24.3 Å². The van der Waals surface area contributed by atoms with Gasteiger partial charge in [0.1, 0.15) is 0 Å². The van der Waals surface area contributed by atoms with Crippen LogP contribution in [0.1, 0.15) is 20.8 Å². The average Bonchev–Trinajstić information content (AvgIpc) is 2.81. The topological polar surface area (TPSA) is 41.1 Å². The van der Waals surface area contributed by atoms with Gasteiger partial charge in [-0.05, 0) is 48.2 Å². The van der Waals surface area contributed by atoms with Crippen LogP contribution in [-0.4, -0.2) is 13.0 Å². The molecule has 1 heterocycles. The second kappa shape index (κ2) is 5.69. The molecule has 4 heteroatoms. The molecule has 2 aromatic rings. The SMILES string of the molecule is CNC(=O)c1ccc(NCc2sccc2C)cc1. The van der Waals surface area contributed by atoms with Crippen LogP contribution in [-0.2, 0) is 6.54 Å². The summed E-state index contributed by atoms with van der Waals surface area (Å²) in [6.07, 6.45) is 0. The molecule has 1 aromatic carbocycles. The van der Waals surface area contributed by atoms with Crippen molar-refractivity contribution in [3.8, 4) is 0 Å². The van der Waals surface area contributed by atoms with E-state index in [0.29, 0.717) is 5.56 Å². The van der Waals surface area contributed by atoms with Gasteiger partial charge in [0.2, 0.25) is 0 Å². The van der Waals surface area contributed by atoms with E-state index in [9.17, 15) is 4.79 Å². The smallest absolute Gasteiger partial charge is 0.251 e. The first-order chi connectivity index (χ1) is 8.70. The van der Waals surface area contributed by atoms with Gasteiger partial charge in [0.25, 0.3) is 5.91 Å². The van der Waals surface area contributed by atoms with E-state index in [1.165, 1.54) is 10.4 Å². The average molecular weight is 260 g/mol. The first-order valence-electron chi connectivity index (χ1n) is 5.79. The molecule has 2 N–H and O–H groups in total. The number of hydrogen-bond donors (Lipinski definition) is 2. The van der Waals surface area contributed by atoms with Crippen LogP contribution in [0.25, 0.3) is 0 Å². The van der Waals surface area contributed by atoms with Crippen molar-refractivity contribution in [2.24, 2.45) is 0 Å². The second-order valence-corrected chi connectivity index (χ2v) is 5.04. The van der Waals surface area contributed by atoms with Crippen LogP contribution < -0.4 is 10.6 Å². The molecule has 0 spiro atoms. The number of nitrogens with one attached hydrogen (secondary N) is 2. The predicted octanol–water partition coefficient (Wildman–Crippen LogP) is 3.03. The molecule has 0 atom stereocenters. The van der Waals surface area contributed by atoms with Gasteiger partial charge in [-0.15, -0.1) is 11.3 Å². The molecule has 18 heavy (non-hydrogen) atoms. The minimum absolute atomic E-state index is 0.0596. The Balaban J connectivity index is 1.98. The van der Waals surface area contributed by atoms with E-state index < -0.39 is 0 Å². The lowest BCUT2D eigenvalue weighted by Gasteiger charge is -2.06. The lowest BCUT2D eigenvalue weighted by atomic mass is 10.2. The molecule has 1 amide bonds. The number of hydrogen-bond acceptors (Lipinski definition) is 3. The molecule has 0 saturated heterocycles. The summed E-state index contributed by atoms with van der Waals surface area (Å²) in [6, 6.07) is 9.61. The molecule has 0 radical (unpaired) electrons. The van der Waals surface area contributed by atoms with E-state index in [2.05, 4.69) is 29.0 Å². The molecule has 2 rings (SSSR count). The Kier molecular flexibility index (Phi) is 3.99. The number of rotatable bonds is 4. The number of benzene rings is 1. The molecule has 0 unspecified atom stereocenters. The minimum Gasteiger partial charge on any atom is -0.380 e. The molecule has 0 aliphatic rings. The molecule has 1 aromatic heterocycles. The van der Waals surface area contributed by atoms with Crippen molar-refractivity contribution in [2.75, 3.05) is 12.4 Å². The Hall–Kier alpha value is -1.81. The van der Waals surface area contributed by atoms with Crippen LogP contribution in [0.5, 0.6) is 0 Å².